The molecule has 7 fully saturated rings. The number of carbonyl (C=O) groups is 2. The van der Waals surface area contributed by atoms with Gasteiger partial charge in [-0.25, -0.2) is 0 Å². The molecule has 4 nitrogen and oxygen atoms in total. The largest absolute Gasteiger partial charge is 0.343 e. The summed E-state index contributed by atoms with van der Waals surface area (Å²) in [6.45, 7) is 0.502. The van der Waals surface area contributed by atoms with E-state index < -0.39 is 6.29 Å². The number of ether oxygens (including phenoxy) is 2. The molecule has 0 N–H and O–H groups in total. The standard InChI is InChI=1S/C18H22O4/c19-15-13-12(11-7-21-17(15)22-11)14(13)16(20)18-4-8-1-9(5-18)3-10(2-8)6-18/h8-14,17H,1-7H2/t8?,9?,10?,11-,12+,13-,14-,17+,18?/m0/s1. The molecule has 2 heterocycles. The smallest absolute Gasteiger partial charge is 0.218 e. The van der Waals surface area contributed by atoms with E-state index in [1.54, 1.807) is 0 Å². The first-order valence-electron chi connectivity index (χ1n) is 9.00. The molecular weight excluding hydrogens is 280 g/mol. The van der Waals surface area contributed by atoms with Crippen molar-refractivity contribution in [2.24, 2.45) is 40.9 Å². The van der Waals surface area contributed by atoms with Gasteiger partial charge in [0, 0.05) is 23.2 Å². The van der Waals surface area contributed by atoms with Crippen molar-refractivity contribution in [1.82, 2.24) is 0 Å². The fraction of sp³-hybridized carbons (Fsp3) is 0.889. The van der Waals surface area contributed by atoms with Gasteiger partial charge in [0.25, 0.3) is 0 Å². The zero-order valence-corrected chi connectivity index (χ0v) is 12.7. The Hall–Kier alpha value is -0.740. The van der Waals surface area contributed by atoms with Crippen molar-refractivity contribution >= 4 is 11.6 Å². The molecule has 2 saturated heterocycles. The molecule has 6 bridgehead atoms. The van der Waals surface area contributed by atoms with E-state index >= 15 is 0 Å². The van der Waals surface area contributed by atoms with Crippen LogP contribution in [0.25, 0.3) is 0 Å². The Balaban J connectivity index is 1.31. The van der Waals surface area contributed by atoms with Crippen LogP contribution in [0.1, 0.15) is 38.5 Å². The number of hydrogen-bond donors (Lipinski definition) is 0. The summed E-state index contributed by atoms with van der Waals surface area (Å²) >= 11 is 0. The molecule has 5 atom stereocenters. The van der Waals surface area contributed by atoms with E-state index in [2.05, 4.69) is 0 Å². The predicted molar refractivity (Wildman–Crippen MR) is 75.7 cm³/mol. The molecule has 22 heavy (non-hydrogen) atoms. The molecule has 7 aliphatic rings. The molecule has 4 heteroatoms. The molecule has 0 aromatic carbocycles. The molecule has 0 aromatic rings. The van der Waals surface area contributed by atoms with E-state index in [-0.39, 0.29) is 35.1 Å². The third kappa shape index (κ3) is 1.42. The summed E-state index contributed by atoms with van der Waals surface area (Å²) in [6, 6.07) is 0. The summed E-state index contributed by atoms with van der Waals surface area (Å²) in [5, 5.41) is 0. The molecular formula is C18H22O4. The Morgan fingerprint density at radius 3 is 2.32 bits per heavy atom. The number of Topliss-reactive ketones (excluding diaryl/α,β-unsaturated/α-hetero) is 2. The Morgan fingerprint density at radius 1 is 1.05 bits per heavy atom. The van der Waals surface area contributed by atoms with Crippen LogP contribution in [-0.2, 0) is 19.1 Å². The Labute approximate surface area is 129 Å². The van der Waals surface area contributed by atoms with Gasteiger partial charge in [0.1, 0.15) is 5.78 Å². The average Bonchev–Trinajstić information content (AvgIpc) is 3.07. The predicted octanol–water partition coefficient (Wildman–Crippen LogP) is 1.96. The minimum absolute atomic E-state index is 0.00411. The number of carbonyl (C=O) groups excluding carboxylic acids is 2. The quantitative estimate of drug-likeness (QED) is 0.782. The lowest BCUT2D eigenvalue weighted by Gasteiger charge is -2.56. The maximum absolute atomic E-state index is 13.4. The van der Waals surface area contributed by atoms with Crippen molar-refractivity contribution in [3.05, 3.63) is 0 Å². The van der Waals surface area contributed by atoms with Gasteiger partial charge in [0.15, 0.2) is 5.78 Å². The topological polar surface area (TPSA) is 52.6 Å². The first-order chi connectivity index (χ1) is 10.6. The lowest BCUT2D eigenvalue weighted by atomic mass is 9.48. The highest BCUT2D eigenvalue weighted by atomic mass is 16.7. The van der Waals surface area contributed by atoms with Gasteiger partial charge < -0.3 is 9.47 Å². The summed E-state index contributed by atoms with van der Waals surface area (Å²) in [5.41, 5.74) is -0.0723. The molecule has 0 spiro atoms. The van der Waals surface area contributed by atoms with Gasteiger partial charge in [-0.2, -0.15) is 0 Å². The van der Waals surface area contributed by atoms with Crippen LogP contribution in [0.3, 0.4) is 0 Å². The first-order valence-corrected chi connectivity index (χ1v) is 9.00. The summed E-state index contributed by atoms with van der Waals surface area (Å²) in [5.74, 6) is 2.84. The van der Waals surface area contributed by atoms with E-state index in [0.717, 1.165) is 37.0 Å². The van der Waals surface area contributed by atoms with E-state index in [0.29, 0.717) is 12.4 Å². The van der Waals surface area contributed by atoms with Crippen molar-refractivity contribution in [2.75, 3.05) is 6.61 Å². The monoisotopic (exact) mass is 302 g/mol. The minimum atomic E-state index is -0.666. The van der Waals surface area contributed by atoms with Crippen molar-refractivity contribution < 1.29 is 19.1 Å². The van der Waals surface area contributed by atoms with Gasteiger partial charge in [-0.3, -0.25) is 9.59 Å². The van der Waals surface area contributed by atoms with Crippen LogP contribution in [0, 0.1) is 40.9 Å². The molecule has 2 aliphatic heterocycles. The number of ketones is 2. The van der Waals surface area contributed by atoms with Crippen LogP contribution in [-0.4, -0.2) is 30.6 Å². The van der Waals surface area contributed by atoms with Crippen molar-refractivity contribution in [2.45, 2.75) is 50.9 Å². The van der Waals surface area contributed by atoms with Gasteiger partial charge >= 0.3 is 0 Å². The molecule has 5 aliphatic carbocycles. The Morgan fingerprint density at radius 2 is 1.68 bits per heavy atom. The van der Waals surface area contributed by atoms with Gasteiger partial charge in [-0.05, 0) is 56.3 Å². The second-order valence-corrected chi connectivity index (χ2v) is 8.93. The molecule has 0 amide bonds. The SMILES string of the molecule is O=C1[C@@H]2OC[C@H](O2)[C@@H]2[C@H]1[C@H]2C(=O)C12CC3CC(CC(C3)C1)C2. The second-order valence-electron chi connectivity index (χ2n) is 8.93. The van der Waals surface area contributed by atoms with E-state index in [9.17, 15) is 9.59 Å². The zero-order chi connectivity index (χ0) is 14.6. The average molecular weight is 302 g/mol. The molecule has 0 unspecified atom stereocenters. The molecule has 0 aromatic heterocycles. The van der Waals surface area contributed by atoms with Crippen LogP contribution in [0.4, 0.5) is 0 Å². The van der Waals surface area contributed by atoms with Gasteiger partial charge in [0.2, 0.25) is 6.29 Å². The van der Waals surface area contributed by atoms with Crippen LogP contribution >= 0.6 is 0 Å². The zero-order valence-electron chi connectivity index (χ0n) is 12.7. The fourth-order valence-corrected chi connectivity index (χ4v) is 7.20. The summed E-state index contributed by atoms with van der Waals surface area (Å²) < 4.78 is 11.0. The Bertz CT molecular complexity index is 546. The van der Waals surface area contributed by atoms with Crippen LogP contribution in [0.5, 0.6) is 0 Å². The molecule has 5 saturated carbocycles. The number of rotatable bonds is 2. The maximum atomic E-state index is 13.4. The van der Waals surface area contributed by atoms with Crippen LogP contribution in [0.15, 0.2) is 0 Å². The molecule has 0 radical (unpaired) electrons. The first kappa shape index (κ1) is 12.7. The number of fused-ring (bicyclic) bond motifs is 4. The minimum Gasteiger partial charge on any atom is -0.343 e. The molecule has 118 valence electrons. The fourth-order valence-electron chi connectivity index (χ4n) is 7.20. The van der Waals surface area contributed by atoms with Crippen LogP contribution in [0.2, 0.25) is 0 Å². The van der Waals surface area contributed by atoms with Crippen LogP contribution < -0.4 is 0 Å². The molecule has 7 rings (SSSR count). The van der Waals surface area contributed by atoms with Gasteiger partial charge in [-0.15, -0.1) is 0 Å². The highest BCUT2D eigenvalue weighted by Crippen LogP contribution is 2.65. The third-order valence-electron chi connectivity index (χ3n) is 7.64. The highest BCUT2D eigenvalue weighted by Gasteiger charge is 2.71. The number of hydrogen-bond acceptors (Lipinski definition) is 4. The lowest BCUT2D eigenvalue weighted by Crippen LogP contribution is -2.50. The highest BCUT2D eigenvalue weighted by molar-refractivity contribution is 6.00. The van der Waals surface area contributed by atoms with Crippen molar-refractivity contribution in [1.29, 1.82) is 0 Å². The van der Waals surface area contributed by atoms with E-state index in [1.165, 1.54) is 19.3 Å². The second kappa shape index (κ2) is 3.84. The maximum Gasteiger partial charge on any atom is 0.218 e. The third-order valence-corrected chi connectivity index (χ3v) is 7.64. The van der Waals surface area contributed by atoms with Gasteiger partial charge in [-0.1, -0.05) is 0 Å². The lowest BCUT2D eigenvalue weighted by molar-refractivity contribution is -0.154. The summed E-state index contributed by atoms with van der Waals surface area (Å²) in [6.07, 6.45) is 6.70. The van der Waals surface area contributed by atoms with Gasteiger partial charge in [0.05, 0.1) is 12.7 Å². The Kier molecular flexibility index (Phi) is 2.21. The van der Waals surface area contributed by atoms with Crippen molar-refractivity contribution in [3.63, 3.8) is 0 Å². The van der Waals surface area contributed by atoms with E-state index in [4.69, 9.17) is 9.47 Å². The normalized spacial score (nSPS) is 60.5. The van der Waals surface area contributed by atoms with E-state index in [1.807, 2.05) is 0 Å². The summed E-state index contributed by atoms with van der Waals surface area (Å²) in [7, 11) is 0. The van der Waals surface area contributed by atoms with Crippen molar-refractivity contribution in [3.8, 4) is 0 Å². The summed E-state index contributed by atoms with van der Waals surface area (Å²) in [4.78, 5) is 25.8.